The Labute approximate surface area is 180 Å². The second kappa shape index (κ2) is 30.6. The first-order chi connectivity index (χ1) is 8.77. The Balaban J connectivity index is -0.000000241. The molecule has 0 aromatic carbocycles. The Kier molecular flexibility index (Phi) is 48.7. The summed E-state index contributed by atoms with van der Waals surface area (Å²) in [6, 6.07) is 0.608. The van der Waals surface area contributed by atoms with Crippen LogP contribution in [0.1, 0.15) is 40.0 Å². The summed E-state index contributed by atoms with van der Waals surface area (Å²) in [4.78, 5) is 0. The van der Waals surface area contributed by atoms with Crippen molar-refractivity contribution in [2.45, 2.75) is 46.1 Å². The van der Waals surface area contributed by atoms with Crippen LogP contribution in [0.3, 0.4) is 0 Å². The van der Waals surface area contributed by atoms with Crippen molar-refractivity contribution in [1.29, 1.82) is 0 Å². The van der Waals surface area contributed by atoms with E-state index in [1.807, 2.05) is 0 Å². The number of nitrogens with one attached hydrogen (secondary N) is 4. The molecular weight excluding hydrogens is 544 g/mol. The minimum Gasteiger partial charge on any atom is -0.317 e. The lowest BCUT2D eigenvalue weighted by molar-refractivity contribution is 0.533. The summed E-state index contributed by atoms with van der Waals surface area (Å²) in [5, 5.41) is 13.7. The van der Waals surface area contributed by atoms with Crippen molar-refractivity contribution in [3.05, 3.63) is 0 Å². The molecule has 0 aromatic rings. The van der Waals surface area contributed by atoms with Gasteiger partial charge < -0.3 is 21.3 Å². The highest BCUT2D eigenvalue weighted by Crippen LogP contribution is 1.80. The maximum atomic E-state index is 3.48. The second-order valence-corrected chi connectivity index (χ2v) is 5.02. The van der Waals surface area contributed by atoms with E-state index in [1.54, 1.807) is 0 Å². The first-order valence-corrected chi connectivity index (χ1v) is 7.63. The highest BCUT2D eigenvalue weighted by atomic mass is 79.9. The molecule has 0 rings (SSSR count). The smallest absolute Gasteiger partial charge is 0.00103 e. The molecular formula is C14H38Br4N4. The average Bonchev–Trinajstić information content (AvgIpc) is 2.34. The maximum Gasteiger partial charge on any atom is 0.00103 e. The third-order valence-corrected chi connectivity index (χ3v) is 2.75. The van der Waals surface area contributed by atoms with Crippen LogP contribution in [0.4, 0.5) is 0 Å². The molecule has 0 spiro atoms. The third kappa shape index (κ3) is 33.4. The largest absolute Gasteiger partial charge is 0.317 e. The summed E-state index contributed by atoms with van der Waals surface area (Å²) in [6.45, 7) is 14.4. The van der Waals surface area contributed by atoms with Gasteiger partial charge in [0.05, 0.1) is 0 Å². The predicted octanol–water partition coefficient (Wildman–Crippen LogP) is 3.26. The predicted molar refractivity (Wildman–Crippen MR) is 123 cm³/mol. The van der Waals surface area contributed by atoms with Gasteiger partial charge in [-0.25, -0.2) is 0 Å². The molecule has 142 valence electrons. The minimum atomic E-state index is 0. The quantitative estimate of drug-likeness (QED) is 0.238. The van der Waals surface area contributed by atoms with Crippen LogP contribution in [0.15, 0.2) is 0 Å². The van der Waals surface area contributed by atoms with E-state index in [2.05, 4.69) is 42.0 Å². The molecule has 0 aliphatic carbocycles. The van der Waals surface area contributed by atoms with Gasteiger partial charge in [-0.1, -0.05) is 20.8 Å². The van der Waals surface area contributed by atoms with E-state index in [-0.39, 0.29) is 67.9 Å². The molecule has 4 N–H and O–H groups in total. The van der Waals surface area contributed by atoms with Gasteiger partial charge in [0.2, 0.25) is 0 Å². The molecule has 8 heteroatoms. The van der Waals surface area contributed by atoms with Crippen LogP contribution in [-0.4, -0.2) is 51.9 Å². The Morgan fingerprint density at radius 1 is 0.591 bits per heavy atom. The SMILES string of the molecule is Br.Br.Br.Br.CCNCCCNCCCNCCCNC(C)C. The zero-order chi connectivity index (χ0) is 13.5. The van der Waals surface area contributed by atoms with Gasteiger partial charge >= 0.3 is 0 Å². The van der Waals surface area contributed by atoms with E-state index in [0.717, 1.165) is 45.8 Å². The van der Waals surface area contributed by atoms with Gasteiger partial charge in [-0.05, 0) is 65.1 Å². The van der Waals surface area contributed by atoms with Crippen molar-refractivity contribution >= 4 is 67.9 Å². The number of hydrogen-bond donors (Lipinski definition) is 4. The summed E-state index contributed by atoms with van der Waals surface area (Å²) in [6.07, 6.45) is 3.66. The lowest BCUT2D eigenvalue weighted by Gasteiger charge is -2.09. The average molecular weight is 582 g/mol. The first-order valence-electron chi connectivity index (χ1n) is 7.63. The number of hydrogen-bond acceptors (Lipinski definition) is 4. The van der Waals surface area contributed by atoms with Crippen LogP contribution in [0.5, 0.6) is 0 Å². The van der Waals surface area contributed by atoms with Crippen molar-refractivity contribution < 1.29 is 0 Å². The van der Waals surface area contributed by atoms with E-state index in [4.69, 9.17) is 0 Å². The van der Waals surface area contributed by atoms with Crippen LogP contribution in [-0.2, 0) is 0 Å². The Morgan fingerprint density at radius 2 is 0.955 bits per heavy atom. The Morgan fingerprint density at radius 3 is 1.32 bits per heavy atom. The monoisotopic (exact) mass is 578 g/mol. The normalized spacial score (nSPS) is 9.27. The summed E-state index contributed by atoms with van der Waals surface area (Å²) in [5.74, 6) is 0. The molecule has 0 aromatic heterocycles. The van der Waals surface area contributed by atoms with Crippen molar-refractivity contribution in [3.8, 4) is 0 Å². The number of rotatable bonds is 14. The second-order valence-electron chi connectivity index (χ2n) is 5.02. The topological polar surface area (TPSA) is 48.1 Å². The fourth-order valence-corrected chi connectivity index (χ4v) is 1.71. The summed E-state index contributed by atoms with van der Waals surface area (Å²) in [7, 11) is 0. The minimum absolute atomic E-state index is 0. The molecule has 0 aliphatic heterocycles. The molecule has 0 aliphatic rings. The van der Waals surface area contributed by atoms with E-state index in [9.17, 15) is 0 Å². The molecule has 0 atom stereocenters. The van der Waals surface area contributed by atoms with Crippen molar-refractivity contribution in [2.24, 2.45) is 0 Å². The van der Waals surface area contributed by atoms with Gasteiger partial charge in [0.15, 0.2) is 0 Å². The molecule has 0 heterocycles. The van der Waals surface area contributed by atoms with Crippen molar-refractivity contribution in [2.75, 3.05) is 45.8 Å². The molecule has 0 saturated heterocycles. The Hall–Kier alpha value is 1.76. The maximum absolute atomic E-state index is 3.48. The molecule has 0 saturated carbocycles. The molecule has 0 amide bonds. The van der Waals surface area contributed by atoms with Gasteiger partial charge in [0, 0.05) is 6.04 Å². The van der Waals surface area contributed by atoms with Crippen LogP contribution < -0.4 is 21.3 Å². The molecule has 4 nitrogen and oxygen atoms in total. The Bertz CT molecular complexity index is 166. The van der Waals surface area contributed by atoms with E-state index in [0.29, 0.717) is 6.04 Å². The molecule has 0 fully saturated rings. The first kappa shape index (κ1) is 35.0. The van der Waals surface area contributed by atoms with Gasteiger partial charge in [-0.2, -0.15) is 0 Å². The number of halogens is 4. The summed E-state index contributed by atoms with van der Waals surface area (Å²) >= 11 is 0. The van der Waals surface area contributed by atoms with Gasteiger partial charge in [-0.15, -0.1) is 67.9 Å². The molecule has 22 heavy (non-hydrogen) atoms. The van der Waals surface area contributed by atoms with Gasteiger partial charge in [0.25, 0.3) is 0 Å². The van der Waals surface area contributed by atoms with Crippen molar-refractivity contribution in [3.63, 3.8) is 0 Å². The van der Waals surface area contributed by atoms with Gasteiger partial charge in [-0.3, -0.25) is 0 Å². The highest BCUT2D eigenvalue weighted by molar-refractivity contribution is 8.93. The van der Waals surface area contributed by atoms with Crippen LogP contribution in [0.2, 0.25) is 0 Å². The lowest BCUT2D eigenvalue weighted by Crippen LogP contribution is -2.28. The van der Waals surface area contributed by atoms with Crippen LogP contribution >= 0.6 is 67.9 Å². The van der Waals surface area contributed by atoms with Crippen molar-refractivity contribution in [1.82, 2.24) is 21.3 Å². The lowest BCUT2D eigenvalue weighted by atomic mass is 10.3. The van der Waals surface area contributed by atoms with Crippen LogP contribution in [0, 0.1) is 0 Å². The summed E-state index contributed by atoms with van der Waals surface area (Å²) in [5.41, 5.74) is 0. The fraction of sp³-hybridized carbons (Fsp3) is 1.00. The summed E-state index contributed by atoms with van der Waals surface area (Å²) < 4.78 is 0. The molecule has 0 unspecified atom stereocenters. The van der Waals surface area contributed by atoms with Crippen LogP contribution in [0.25, 0.3) is 0 Å². The fourth-order valence-electron chi connectivity index (χ4n) is 1.71. The van der Waals surface area contributed by atoms with E-state index >= 15 is 0 Å². The standard InChI is InChI=1S/C14H34N4.4BrH/c1-4-15-8-5-9-16-10-6-11-17-12-7-13-18-14(2)3;;;;/h14-18H,4-13H2,1-3H3;4*1H. The zero-order valence-electron chi connectivity index (χ0n) is 14.3. The third-order valence-electron chi connectivity index (χ3n) is 2.75. The van der Waals surface area contributed by atoms with E-state index < -0.39 is 0 Å². The van der Waals surface area contributed by atoms with Gasteiger partial charge in [0.1, 0.15) is 0 Å². The molecule has 0 bridgehead atoms. The molecule has 0 radical (unpaired) electrons. The van der Waals surface area contributed by atoms with E-state index in [1.165, 1.54) is 19.3 Å². The highest BCUT2D eigenvalue weighted by Gasteiger charge is 1.92. The zero-order valence-corrected chi connectivity index (χ0v) is 21.1.